The lowest BCUT2D eigenvalue weighted by Gasteiger charge is -2.46. The smallest absolute Gasteiger partial charge is 0.262 e. The van der Waals surface area contributed by atoms with Crippen molar-refractivity contribution in [3.8, 4) is 11.5 Å². The van der Waals surface area contributed by atoms with Crippen LogP contribution in [0.2, 0.25) is 0 Å². The van der Waals surface area contributed by atoms with E-state index in [0.29, 0.717) is 41.7 Å². The molecular weight excluding hydrogens is 678 g/mol. The first-order valence-corrected chi connectivity index (χ1v) is 17.4. The van der Waals surface area contributed by atoms with Crippen LogP contribution >= 0.6 is 15.9 Å². The predicted octanol–water partition coefficient (Wildman–Crippen LogP) is 8.33. The first-order valence-electron chi connectivity index (χ1n) is 15.1. The van der Waals surface area contributed by atoms with Crippen LogP contribution in [0.4, 0.5) is 17.1 Å². The van der Waals surface area contributed by atoms with Crippen LogP contribution in [-0.4, -0.2) is 28.0 Å². The molecule has 1 atom stereocenters. The molecule has 0 unspecified atom stereocenters. The molecule has 1 aliphatic rings. The van der Waals surface area contributed by atoms with Gasteiger partial charge in [-0.15, -0.1) is 0 Å². The van der Waals surface area contributed by atoms with Gasteiger partial charge in [0.25, 0.3) is 15.9 Å². The minimum atomic E-state index is -4.02. The molecule has 0 spiro atoms. The fraction of sp³-hybridized carbons (Fsp3) is 0.162. The monoisotopic (exact) mass is 711 g/mol. The van der Waals surface area contributed by atoms with E-state index in [1.807, 2.05) is 98.8 Å². The summed E-state index contributed by atoms with van der Waals surface area (Å²) in [5.74, 6) is 0.923. The number of hydrogen-bond acceptors (Lipinski definition) is 6. The zero-order valence-corrected chi connectivity index (χ0v) is 28.6. The maximum Gasteiger partial charge on any atom is 0.262 e. The van der Waals surface area contributed by atoms with E-state index >= 15 is 0 Å². The molecule has 0 fully saturated rings. The summed E-state index contributed by atoms with van der Waals surface area (Å²) in [6.45, 7) is 4.77. The molecule has 0 saturated heterocycles. The number of ether oxygens (including phenoxy) is 2. The molecule has 0 bridgehead atoms. The number of amides is 1. The van der Waals surface area contributed by atoms with Gasteiger partial charge in [0.1, 0.15) is 17.7 Å². The molecule has 240 valence electrons. The number of aryl methyl sites for hydroxylation is 1. The number of methoxy groups -OCH3 is 1. The van der Waals surface area contributed by atoms with E-state index in [-0.39, 0.29) is 16.4 Å². The lowest BCUT2D eigenvalue weighted by Crippen LogP contribution is -2.49. The number of fused-ring (bicyclic) bond motifs is 1. The number of anilines is 3. The van der Waals surface area contributed by atoms with Crippen molar-refractivity contribution >= 4 is 48.9 Å². The van der Waals surface area contributed by atoms with E-state index in [4.69, 9.17) is 9.47 Å². The van der Waals surface area contributed by atoms with Crippen LogP contribution < -0.4 is 24.0 Å². The summed E-state index contributed by atoms with van der Waals surface area (Å²) in [5, 5.41) is 0. The molecule has 1 N–H and O–H groups in total. The van der Waals surface area contributed by atoms with Crippen molar-refractivity contribution < 1.29 is 22.7 Å². The molecule has 8 nitrogen and oxygen atoms in total. The number of halogens is 1. The molecule has 0 aromatic heterocycles. The summed E-state index contributed by atoms with van der Waals surface area (Å²) in [6.07, 6.45) is -0.659. The van der Waals surface area contributed by atoms with Crippen molar-refractivity contribution in [3.05, 3.63) is 142 Å². The number of carbonyl (C=O) groups excluding carboxylic acids is 1. The van der Waals surface area contributed by atoms with E-state index < -0.39 is 16.2 Å². The van der Waals surface area contributed by atoms with Gasteiger partial charge >= 0.3 is 0 Å². The Morgan fingerprint density at radius 1 is 0.872 bits per heavy atom. The van der Waals surface area contributed by atoms with Crippen molar-refractivity contribution in [1.82, 2.24) is 0 Å². The van der Waals surface area contributed by atoms with Crippen LogP contribution in [0, 0.1) is 6.92 Å². The Morgan fingerprint density at radius 2 is 1.60 bits per heavy atom. The molecule has 0 aliphatic carbocycles. The van der Waals surface area contributed by atoms with Gasteiger partial charge in [0.2, 0.25) is 0 Å². The molecule has 47 heavy (non-hydrogen) atoms. The van der Waals surface area contributed by atoms with Gasteiger partial charge in [0.05, 0.1) is 29.9 Å². The normalized spacial score (nSPS) is 14.5. The molecule has 0 saturated carbocycles. The van der Waals surface area contributed by atoms with Crippen molar-refractivity contribution in [2.75, 3.05) is 28.2 Å². The second kappa shape index (κ2) is 13.5. The highest BCUT2D eigenvalue weighted by atomic mass is 79.9. The van der Waals surface area contributed by atoms with Crippen molar-refractivity contribution in [1.29, 1.82) is 0 Å². The van der Waals surface area contributed by atoms with E-state index in [2.05, 4.69) is 25.6 Å². The van der Waals surface area contributed by atoms with Gasteiger partial charge in [-0.1, -0.05) is 64.0 Å². The molecule has 6 rings (SSSR count). The van der Waals surface area contributed by atoms with Gasteiger partial charge in [-0.05, 0) is 92.2 Å². The summed E-state index contributed by atoms with van der Waals surface area (Å²) in [5.41, 5.74) is 4.67. The maximum atomic E-state index is 14.8. The van der Waals surface area contributed by atoms with Crippen molar-refractivity contribution in [3.63, 3.8) is 0 Å². The number of benzene rings is 5. The Hall–Kier alpha value is -4.80. The SMILES string of the molecule is CCOc1ccc(N2C(=O)c3cc(S(=O)(=O)Nc4ccc(C)cc4)ccc3N(Cc3ccccc3)[C@@H]2c2cc(Br)ccc2OC)cc1. The van der Waals surface area contributed by atoms with Gasteiger partial charge in [-0.2, -0.15) is 0 Å². The lowest BCUT2D eigenvalue weighted by molar-refractivity contribution is 0.0967. The average molecular weight is 713 g/mol. The van der Waals surface area contributed by atoms with E-state index in [1.54, 1.807) is 36.3 Å². The zero-order valence-electron chi connectivity index (χ0n) is 26.2. The molecule has 5 aromatic rings. The maximum absolute atomic E-state index is 14.8. The van der Waals surface area contributed by atoms with E-state index in [9.17, 15) is 13.2 Å². The third kappa shape index (κ3) is 6.70. The minimum absolute atomic E-state index is 0.0186. The van der Waals surface area contributed by atoms with Crippen LogP contribution in [0.5, 0.6) is 11.5 Å². The first kappa shape index (κ1) is 32.2. The summed E-state index contributed by atoms with van der Waals surface area (Å²) >= 11 is 3.62. The number of nitrogens with zero attached hydrogens (tertiary/aromatic N) is 2. The van der Waals surface area contributed by atoms with Gasteiger partial charge in [0, 0.05) is 28.0 Å². The third-order valence-electron chi connectivity index (χ3n) is 7.97. The molecule has 1 aliphatic heterocycles. The van der Waals surface area contributed by atoms with Crippen LogP contribution in [0.15, 0.2) is 125 Å². The highest BCUT2D eigenvalue weighted by Gasteiger charge is 2.41. The molecule has 1 heterocycles. The van der Waals surface area contributed by atoms with Crippen molar-refractivity contribution in [2.24, 2.45) is 0 Å². The highest BCUT2D eigenvalue weighted by molar-refractivity contribution is 9.10. The van der Waals surface area contributed by atoms with Gasteiger partial charge < -0.3 is 14.4 Å². The Bertz CT molecular complexity index is 2000. The summed E-state index contributed by atoms with van der Waals surface area (Å²) in [4.78, 5) is 18.5. The number of carbonyl (C=O) groups is 1. The molecule has 1 amide bonds. The topological polar surface area (TPSA) is 88.2 Å². The van der Waals surface area contributed by atoms with Crippen LogP contribution in [0.25, 0.3) is 0 Å². The van der Waals surface area contributed by atoms with E-state index in [0.717, 1.165) is 21.2 Å². The molecule has 5 aromatic carbocycles. The third-order valence-corrected chi connectivity index (χ3v) is 9.84. The number of rotatable bonds is 10. The average Bonchev–Trinajstić information content (AvgIpc) is 3.07. The lowest BCUT2D eigenvalue weighted by atomic mass is 9.98. The van der Waals surface area contributed by atoms with E-state index in [1.165, 1.54) is 6.07 Å². The van der Waals surface area contributed by atoms with Gasteiger partial charge in [-0.3, -0.25) is 14.4 Å². The number of hydrogen-bond donors (Lipinski definition) is 1. The van der Waals surface area contributed by atoms with Crippen molar-refractivity contribution in [2.45, 2.75) is 31.5 Å². The fourth-order valence-electron chi connectivity index (χ4n) is 5.75. The van der Waals surface area contributed by atoms with Gasteiger partial charge in [-0.25, -0.2) is 8.42 Å². The Labute approximate surface area is 283 Å². The summed E-state index contributed by atoms with van der Waals surface area (Å²) in [7, 11) is -2.41. The Kier molecular flexibility index (Phi) is 9.24. The predicted molar refractivity (Wildman–Crippen MR) is 189 cm³/mol. The Balaban J connectivity index is 1.55. The van der Waals surface area contributed by atoms with Crippen LogP contribution in [0.1, 0.15) is 40.1 Å². The molecular formula is C37H34BrN3O5S. The number of sulfonamides is 1. The Morgan fingerprint density at radius 3 is 2.28 bits per heavy atom. The largest absolute Gasteiger partial charge is 0.496 e. The number of nitrogens with one attached hydrogen (secondary N) is 1. The van der Waals surface area contributed by atoms with Gasteiger partial charge in [0.15, 0.2) is 0 Å². The standard InChI is InChI=1S/C37H34BrN3O5S/c1-4-46-30-17-15-29(16-18-30)41-36(33-22-27(38)12-21-35(33)45-3)40(24-26-8-6-5-7-9-26)34-20-19-31(23-32(34)37(41)42)47(43,44)39-28-13-10-25(2)11-14-28/h5-23,36,39H,4,24H2,1-3H3/t36-/m0/s1. The summed E-state index contributed by atoms with van der Waals surface area (Å²) < 4.78 is 42.3. The summed E-state index contributed by atoms with van der Waals surface area (Å²) in [6, 6.07) is 34.8. The second-order valence-electron chi connectivity index (χ2n) is 11.1. The molecule has 0 radical (unpaired) electrons. The second-order valence-corrected chi connectivity index (χ2v) is 13.7. The fourth-order valence-corrected chi connectivity index (χ4v) is 7.21. The quantitative estimate of drug-likeness (QED) is 0.157. The first-order chi connectivity index (χ1) is 22.7. The molecule has 10 heteroatoms. The van der Waals surface area contributed by atoms with Crippen LogP contribution in [0.3, 0.4) is 0 Å². The zero-order chi connectivity index (χ0) is 33.1. The minimum Gasteiger partial charge on any atom is -0.496 e. The van der Waals surface area contributed by atoms with Crippen LogP contribution in [-0.2, 0) is 16.6 Å². The highest BCUT2D eigenvalue weighted by Crippen LogP contribution is 2.46.